The Labute approximate surface area is 105 Å². The highest BCUT2D eigenvalue weighted by Gasteiger charge is 2.14. The number of aliphatic hydroxyl groups excluding tert-OH is 1. The fourth-order valence-corrected chi connectivity index (χ4v) is 1.70. The Morgan fingerprint density at radius 2 is 2.17 bits per heavy atom. The molecule has 0 unspecified atom stereocenters. The van der Waals surface area contributed by atoms with E-state index in [9.17, 15) is 9.90 Å². The second-order valence-corrected chi connectivity index (χ2v) is 4.03. The van der Waals surface area contributed by atoms with Gasteiger partial charge in [0.05, 0.1) is 24.4 Å². The van der Waals surface area contributed by atoms with Crippen LogP contribution in [0.2, 0.25) is 0 Å². The molecule has 2 aromatic rings. The third kappa shape index (κ3) is 3.18. The molecule has 1 aromatic heterocycles. The summed E-state index contributed by atoms with van der Waals surface area (Å²) in [6, 6.07) is 9.43. The van der Waals surface area contributed by atoms with Crippen LogP contribution in [0.25, 0.3) is 0 Å². The third-order valence-electron chi connectivity index (χ3n) is 2.64. The van der Waals surface area contributed by atoms with E-state index in [1.807, 2.05) is 30.3 Å². The topological polar surface area (TPSA) is 78.0 Å². The summed E-state index contributed by atoms with van der Waals surface area (Å²) in [5, 5.41) is 18.4. The van der Waals surface area contributed by atoms with Gasteiger partial charge in [0.25, 0.3) is 5.91 Å². The van der Waals surface area contributed by atoms with Gasteiger partial charge in [-0.1, -0.05) is 30.3 Å². The number of H-pyrrole nitrogens is 1. The summed E-state index contributed by atoms with van der Waals surface area (Å²) < 4.78 is 0. The Bertz CT molecular complexity index is 482. The smallest absolute Gasteiger partial charge is 0.254 e. The van der Waals surface area contributed by atoms with E-state index in [1.165, 1.54) is 12.4 Å². The highest BCUT2D eigenvalue weighted by Crippen LogP contribution is 2.04. The van der Waals surface area contributed by atoms with Gasteiger partial charge in [-0.2, -0.15) is 5.10 Å². The van der Waals surface area contributed by atoms with E-state index in [0.717, 1.165) is 5.56 Å². The summed E-state index contributed by atoms with van der Waals surface area (Å²) in [6.07, 6.45) is 3.57. The maximum atomic E-state index is 11.8. The van der Waals surface area contributed by atoms with Gasteiger partial charge in [0.1, 0.15) is 0 Å². The van der Waals surface area contributed by atoms with Crippen molar-refractivity contribution < 1.29 is 9.90 Å². The zero-order chi connectivity index (χ0) is 12.8. The van der Waals surface area contributed by atoms with E-state index < -0.39 is 0 Å². The van der Waals surface area contributed by atoms with Crippen LogP contribution >= 0.6 is 0 Å². The molecule has 5 heteroatoms. The van der Waals surface area contributed by atoms with E-state index in [0.29, 0.717) is 12.0 Å². The molecule has 2 rings (SSSR count). The third-order valence-corrected chi connectivity index (χ3v) is 2.64. The molecule has 3 N–H and O–H groups in total. The molecule has 1 amide bonds. The number of hydrogen-bond donors (Lipinski definition) is 3. The fraction of sp³-hybridized carbons (Fsp3) is 0.231. The second kappa shape index (κ2) is 5.97. The van der Waals surface area contributed by atoms with Crippen molar-refractivity contribution in [2.75, 3.05) is 6.61 Å². The second-order valence-electron chi connectivity index (χ2n) is 4.03. The van der Waals surface area contributed by atoms with E-state index in [4.69, 9.17) is 0 Å². The summed E-state index contributed by atoms with van der Waals surface area (Å²) >= 11 is 0. The van der Waals surface area contributed by atoms with Gasteiger partial charge in [-0.15, -0.1) is 0 Å². The molecule has 5 nitrogen and oxygen atoms in total. The molecule has 0 radical (unpaired) electrons. The van der Waals surface area contributed by atoms with Crippen molar-refractivity contribution in [1.82, 2.24) is 15.5 Å². The zero-order valence-corrected chi connectivity index (χ0v) is 9.84. The highest BCUT2D eigenvalue weighted by molar-refractivity contribution is 5.93. The molecule has 1 atom stereocenters. The van der Waals surface area contributed by atoms with Gasteiger partial charge >= 0.3 is 0 Å². The standard InChI is InChI=1S/C13H15N3O2/c17-9-12(6-10-4-2-1-3-5-10)16-13(18)11-7-14-15-8-11/h1-5,7-8,12,17H,6,9H2,(H,14,15)(H,16,18)/t12-/m0/s1. The maximum absolute atomic E-state index is 11.8. The van der Waals surface area contributed by atoms with Crippen LogP contribution in [-0.4, -0.2) is 33.9 Å². The lowest BCUT2D eigenvalue weighted by Gasteiger charge is -2.15. The van der Waals surface area contributed by atoms with Crippen molar-refractivity contribution in [2.24, 2.45) is 0 Å². The minimum absolute atomic E-state index is 0.0987. The lowest BCUT2D eigenvalue weighted by Crippen LogP contribution is -2.38. The average Bonchev–Trinajstić information content (AvgIpc) is 2.93. The lowest BCUT2D eigenvalue weighted by molar-refractivity contribution is 0.0916. The van der Waals surface area contributed by atoms with Gasteiger partial charge < -0.3 is 10.4 Å². The lowest BCUT2D eigenvalue weighted by atomic mass is 10.1. The van der Waals surface area contributed by atoms with Crippen LogP contribution in [-0.2, 0) is 6.42 Å². The minimum Gasteiger partial charge on any atom is -0.394 e. The molecular formula is C13H15N3O2. The van der Waals surface area contributed by atoms with Crippen molar-refractivity contribution >= 4 is 5.91 Å². The number of rotatable bonds is 5. The number of hydrogen-bond acceptors (Lipinski definition) is 3. The van der Waals surface area contributed by atoms with E-state index in [2.05, 4.69) is 15.5 Å². The molecular weight excluding hydrogens is 230 g/mol. The van der Waals surface area contributed by atoms with E-state index >= 15 is 0 Å². The molecule has 1 heterocycles. The van der Waals surface area contributed by atoms with Gasteiger partial charge in [-0.25, -0.2) is 0 Å². The first kappa shape index (κ1) is 12.3. The molecule has 0 spiro atoms. The quantitative estimate of drug-likeness (QED) is 0.727. The van der Waals surface area contributed by atoms with Gasteiger partial charge in [0.2, 0.25) is 0 Å². The van der Waals surface area contributed by atoms with Crippen molar-refractivity contribution in [3.63, 3.8) is 0 Å². The van der Waals surface area contributed by atoms with Gasteiger partial charge in [0, 0.05) is 6.20 Å². The van der Waals surface area contributed by atoms with Crippen LogP contribution < -0.4 is 5.32 Å². The van der Waals surface area contributed by atoms with Crippen molar-refractivity contribution in [3.8, 4) is 0 Å². The number of nitrogens with zero attached hydrogens (tertiary/aromatic N) is 1. The molecule has 0 fully saturated rings. The number of carbonyl (C=O) groups is 1. The summed E-state index contributed by atoms with van der Waals surface area (Å²) in [7, 11) is 0. The minimum atomic E-state index is -0.296. The normalized spacial score (nSPS) is 12.1. The van der Waals surface area contributed by atoms with E-state index in [1.54, 1.807) is 0 Å². The molecule has 0 saturated heterocycles. The van der Waals surface area contributed by atoms with Crippen molar-refractivity contribution in [1.29, 1.82) is 0 Å². The Kier molecular flexibility index (Phi) is 4.09. The maximum Gasteiger partial charge on any atom is 0.254 e. The molecule has 1 aromatic carbocycles. The Morgan fingerprint density at radius 3 is 2.78 bits per heavy atom. The zero-order valence-electron chi connectivity index (χ0n) is 9.84. The summed E-state index contributed by atoms with van der Waals surface area (Å²) in [6.45, 7) is -0.0987. The van der Waals surface area contributed by atoms with Gasteiger partial charge in [-0.05, 0) is 12.0 Å². The van der Waals surface area contributed by atoms with Crippen molar-refractivity contribution in [3.05, 3.63) is 53.9 Å². The number of benzene rings is 1. The molecule has 0 aliphatic heterocycles. The number of carbonyl (C=O) groups excluding carboxylic acids is 1. The molecule has 0 saturated carbocycles. The number of amides is 1. The van der Waals surface area contributed by atoms with Crippen LogP contribution in [0.3, 0.4) is 0 Å². The number of nitrogens with one attached hydrogen (secondary N) is 2. The van der Waals surface area contributed by atoms with Gasteiger partial charge in [-0.3, -0.25) is 9.89 Å². The van der Waals surface area contributed by atoms with Crippen LogP contribution in [0, 0.1) is 0 Å². The summed E-state index contributed by atoms with van der Waals surface area (Å²) in [5.41, 5.74) is 1.53. The van der Waals surface area contributed by atoms with E-state index in [-0.39, 0.29) is 18.6 Å². The predicted octanol–water partition coefficient (Wildman–Crippen LogP) is 0.743. The molecule has 0 aliphatic rings. The molecule has 0 bridgehead atoms. The predicted molar refractivity (Wildman–Crippen MR) is 67.1 cm³/mol. The fourth-order valence-electron chi connectivity index (χ4n) is 1.70. The van der Waals surface area contributed by atoms with Gasteiger partial charge in [0.15, 0.2) is 0 Å². The number of aliphatic hydroxyl groups is 1. The highest BCUT2D eigenvalue weighted by atomic mass is 16.3. The SMILES string of the molecule is O=C(N[C@H](CO)Cc1ccccc1)c1cn[nH]c1. The first-order valence-corrected chi connectivity index (χ1v) is 5.74. The van der Waals surface area contributed by atoms with Crippen LogP contribution in [0.4, 0.5) is 0 Å². The number of aromatic amines is 1. The Balaban J connectivity index is 1.96. The van der Waals surface area contributed by atoms with Crippen LogP contribution in [0.15, 0.2) is 42.7 Å². The Morgan fingerprint density at radius 1 is 1.39 bits per heavy atom. The molecule has 94 valence electrons. The van der Waals surface area contributed by atoms with Crippen molar-refractivity contribution in [2.45, 2.75) is 12.5 Å². The average molecular weight is 245 g/mol. The first-order valence-electron chi connectivity index (χ1n) is 5.74. The Hall–Kier alpha value is -2.14. The summed E-state index contributed by atoms with van der Waals surface area (Å²) in [5.74, 6) is -0.237. The monoisotopic (exact) mass is 245 g/mol. The molecule has 0 aliphatic carbocycles. The van der Waals surface area contributed by atoms with Crippen LogP contribution in [0.5, 0.6) is 0 Å². The van der Waals surface area contributed by atoms with Crippen LogP contribution in [0.1, 0.15) is 15.9 Å². The molecule has 18 heavy (non-hydrogen) atoms. The largest absolute Gasteiger partial charge is 0.394 e. The summed E-state index contributed by atoms with van der Waals surface area (Å²) in [4.78, 5) is 11.8. The number of aromatic nitrogens is 2. The first-order chi connectivity index (χ1) is 8.79.